The molecule has 144 valence electrons. The molecule has 1 aliphatic rings. The van der Waals surface area contributed by atoms with E-state index in [0.717, 1.165) is 19.3 Å². The van der Waals surface area contributed by atoms with E-state index in [9.17, 15) is 14.4 Å². The molecule has 1 rings (SSSR count). The first-order valence-corrected chi connectivity index (χ1v) is 9.84. The fourth-order valence-electron chi connectivity index (χ4n) is 3.36. The zero-order chi connectivity index (χ0) is 18.5. The predicted molar refractivity (Wildman–Crippen MR) is 96.1 cm³/mol. The quantitative estimate of drug-likeness (QED) is 0.263. The summed E-state index contributed by atoms with van der Waals surface area (Å²) in [6.45, 7) is 2.06. The second-order valence-electron chi connectivity index (χ2n) is 7.12. The first kappa shape index (κ1) is 21.7. The molecule has 0 radical (unpaired) electrons. The molecule has 0 aromatic heterocycles. The van der Waals surface area contributed by atoms with Crippen LogP contribution in [0.3, 0.4) is 0 Å². The van der Waals surface area contributed by atoms with E-state index >= 15 is 0 Å². The molecule has 0 aromatic carbocycles. The molecule has 0 spiro atoms. The van der Waals surface area contributed by atoms with E-state index in [0.29, 0.717) is 6.42 Å². The predicted octanol–water partition coefficient (Wildman–Crippen LogP) is 4.36. The van der Waals surface area contributed by atoms with Gasteiger partial charge in [0.05, 0.1) is 13.5 Å². The smallest absolute Gasteiger partial charge is 0.323 e. The van der Waals surface area contributed by atoms with Gasteiger partial charge in [0.1, 0.15) is 6.61 Å². The first-order chi connectivity index (χ1) is 12.1. The number of hydrogen-bond acceptors (Lipinski definition) is 5. The Morgan fingerprint density at radius 3 is 1.92 bits per heavy atom. The van der Waals surface area contributed by atoms with E-state index in [1.807, 2.05) is 0 Å². The summed E-state index contributed by atoms with van der Waals surface area (Å²) in [6.07, 6.45) is 13.4. The Hall–Kier alpha value is -1.39. The summed E-state index contributed by atoms with van der Waals surface area (Å²) in [6, 6.07) is 0. The third-order valence-electron chi connectivity index (χ3n) is 5.04. The lowest BCUT2D eigenvalue weighted by Crippen LogP contribution is -2.41. The Morgan fingerprint density at radius 2 is 1.48 bits per heavy atom. The van der Waals surface area contributed by atoms with Gasteiger partial charge in [-0.05, 0) is 6.42 Å². The monoisotopic (exact) mass is 354 g/mol. The highest BCUT2D eigenvalue weighted by Gasteiger charge is 2.53. The van der Waals surface area contributed by atoms with Gasteiger partial charge in [-0.15, -0.1) is 0 Å². The molecule has 0 saturated carbocycles. The van der Waals surface area contributed by atoms with Crippen LogP contribution in [0.25, 0.3) is 0 Å². The van der Waals surface area contributed by atoms with Gasteiger partial charge in [-0.3, -0.25) is 14.4 Å². The summed E-state index contributed by atoms with van der Waals surface area (Å²) in [4.78, 5) is 35.8. The largest absolute Gasteiger partial charge is 0.468 e. The van der Waals surface area contributed by atoms with E-state index in [2.05, 4.69) is 6.92 Å². The van der Waals surface area contributed by atoms with Crippen molar-refractivity contribution in [2.45, 2.75) is 90.4 Å². The standard InChI is InChI=1S/C20H34O5/c1-3-4-5-6-7-8-9-10-11-12-13-14-17(21)20(19(23)24-2)15-18(22)25-16-20/h3-16H2,1-2H3/t20-/m1/s1. The van der Waals surface area contributed by atoms with Crippen LogP contribution in [0.5, 0.6) is 0 Å². The van der Waals surface area contributed by atoms with Crippen LogP contribution in [0.4, 0.5) is 0 Å². The average molecular weight is 354 g/mol. The summed E-state index contributed by atoms with van der Waals surface area (Å²) < 4.78 is 9.58. The Bertz CT molecular complexity index is 432. The summed E-state index contributed by atoms with van der Waals surface area (Å²) >= 11 is 0. The molecule has 25 heavy (non-hydrogen) atoms. The van der Waals surface area contributed by atoms with Gasteiger partial charge in [-0.1, -0.05) is 71.1 Å². The fraction of sp³-hybridized carbons (Fsp3) is 0.850. The summed E-state index contributed by atoms with van der Waals surface area (Å²) in [5, 5.41) is 0. The maximum Gasteiger partial charge on any atom is 0.323 e. The Labute approximate surface area is 151 Å². The number of ketones is 1. The Morgan fingerprint density at radius 1 is 0.960 bits per heavy atom. The zero-order valence-electron chi connectivity index (χ0n) is 15.9. The van der Waals surface area contributed by atoms with Crippen molar-refractivity contribution in [2.75, 3.05) is 13.7 Å². The van der Waals surface area contributed by atoms with Crippen molar-refractivity contribution < 1.29 is 23.9 Å². The number of ether oxygens (including phenoxy) is 2. The van der Waals surface area contributed by atoms with Crippen molar-refractivity contribution in [3.63, 3.8) is 0 Å². The lowest BCUT2D eigenvalue weighted by molar-refractivity contribution is -0.158. The minimum Gasteiger partial charge on any atom is -0.468 e. The molecule has 5 heteroatoms. The third-order valence-corrected chi connectivity index (χ3v) is 5.04. The number of carbonyl (C=O) groups excluding carboxylic acids is 3. The molecule has 0 aliphatic carbocycles. The van der Waals surface area contributed by atoms with Gasteiger partial charge in [0.15, 0.2) is 11.2 Å². The number of unbranched alkanes of at least 4 members (excludes halogenated alkanes) is 10. The van der Waals surface area contributed by atoms with Crippen molar-refractivity contribution in [2.24, 2.45) is 5.41 Å². The molecule has 1 atom stereocenters. The zero-order valence-corrected chi connectivity index (χ0v) is 15.9. The van der Waals surface area contributed by atoms with Crippen molar-refractivity contribution >= 4 is 17.7 Å². The minimum absolute atomic E-state index is 0.171. The number of carbonyl (C=O) groups is 3. The molecule has 1 heterocycles. The van der Waals surface area contributed by atoms with Crippen molar-refractivity contribution in [3.05, 3.63) is 0 Å². The second kappa shape index (κ2) is 12.0. The number of rotatable bonds is 14. The normalized spacial score (nSPS) is 19.7. The van der Waals surface area contributed by atoms with Crippen LogP contribution in [0.15, 0.2) is 0 Å². The molecular formula is C20H34O5. The maximum absolute atomic E-state index is 12.4. The lowest BCUT2D eigenvalue weighted by atomic mass is 9.80. The van der Waals surface area contributed by atoms with Crippen LogP contribution < -0.4 is 0 Å². The maximum atomic E-state index is 12.4. The van der Waals surface area contributed by atoms with Crippen LogP contribution in [0.2, 0.25) is 0 Å². The van der Waals surface area contributed by atoms with Crippen LogP contribution in [0.1, 0.15) is 90.4 Å². The molecule has 0 bridgehead atoms. The van der Waals surface area contributed by atoms with Crippen LogP contribution in [-0.4, -0.2) is 31.4 Å². The SMILES string of the molecule is CCCCCCCCCCCCCC(=O)[C@]1(C(=O)OC)COC(=O)C1. The van der Waals surface area contributed by atoms with Crippen molar-refractivity contribution in [3.8, 4) is 0 Å². The third kappa shape index (κ3) is 7.17. The number of cyclic esters (lactones) is 1. The lowest BCUT2D eigenvalue weighted by Gasteiger charge is -2.21. The molecule has 0 unspecified atom stereocenters. The van der Waals surface area contributed by atoms with E-state index in [-0.39, 0.29) is 18.8 Å². The van der Waals surface area contributed by atoms with E-state index in [1.165, 1.54) is 58.5 Å². The van der Waals surface area contributed by atoms with E-state index in [1.54, 1.807) is 0 Å². The summed E-state index contributed by atoms with van der Waals surface area (Å²) in [5.74, 6) is -1.37. The van der Waals surface area contributed by atoms with Gasteiger partial charge in [-0.2, -0.15) is 0 Å². The summed E-state index contributed by atoms with van der Waals surface area (Å²) in [5.41, 5.74) is -1.40. The molecule has 5 nitrogen and oxygen atoms in total. The average Bonchev–Trinajstić information content (AvgIpc) is 3.02. The van der Waals surface area contributed by atoms with Crippen LogP contribution in [0, 0.1) is 5.41 Å². The topological polar surface area (TPSA) is 69.7 Å². The second-order valence-corrected chi connectivity index (χ2v) is 7.12. The minimum atomic E-state index is -1.40. The van der Waals surface area contributed by atoms with Gasteiger partial charge in [0, 0.05) is 6.42 Å². The highest BCUT2D eigenvalue weighted by Crippen LogP contribution is 2.34. The Balaban J connectivity index is 2.13. The fourth-order valence-corrected chi connectivity index (χ4v) is 3.36. The number of hydrogen-bond donors (Lipinski definition) is 0. The van der Waals surface area contributed by atoms with Crippen molar-refractivity contribution in [1.29, 1.82) is 0 Å². The van der Waals surface area contributed by atoms with Gasteiger partial charge >= 0.3 is 11.9 Å². The number of Topliss-reactive ketones (excluding diaryl/α,β-unsaturated/α-hetero) is 1. The highest BCUT2D eigenvalue weighted by molar-refractivity contribution is 6.07. The van der Waals surface area contributed by atoms with E-state index < -0.39 is 17.4 Å². The van der Waals surface area contributed by atoms with Gasteiger partial charge in [-0.25, -0.2) is 0 Å². The van der Waals surface area contributed by atoms with Gasteiger partial charge in [0.2, 0.25) is 0 Å². The van der Waals surface area contributed by atoms with Crippen LogP contribution in [-0.2, 0) is 23.9 Å². The number of esters is 2. The first-order valence-electron chi connectivity index (χ1n) is 9.84. The molecule has 1 fully saturated rings. The van der Waals surface area contributed by atoms with Gasteiger partial charge < -0.3 is 9.47 Å². The molecule has 1 aliphatic heterocycles. The summed E-state index contributed by atoms with van der Waals surface area (Å²) in [7, 11) is 1.24. The van der Waals surface area contributed by atoms with Crippen molar-refractivity contribution in [1.82, 2.24) is 0 Å². The van der Waals surface area contributed by atoms with Gasteiger partial charge in [0.25, 0.3) is 0 Å². The highest BCUT2D eigenvalue weighted by atomic mass is 16.6. The molecule has 1 saturated heterocycles. The molecule has 0 aromatic rings. The Kier molecular flexibility index (Phi) is 10.4. The number of methoxy groups -OCH3 is 1. The van der Waals surface area contributed by atoms with E-state index in [4.69, 9.17) is 9.47 Å². The van der Waals surface area contributed by atoms with Crippen LogP contribution >= 0.6 is 0 Å². The molecular weight excluding hydrogens is 320 g/mol. The molecule has 0 N–H and O–H groups in total. The molecule has 0 amide bonds.